The number of carbonyl (C=O) groups excluding carboxylic acids is 3. The van der Waals surface area contributed by atoms with E-state index in [2.05, 4.69) is 5.32 Å². The lowest BCUT2D eigenvalue weighted by molar-refractivity contribution is -0.124. The van der Waals surface area contributed by atoms with Crippen molar-refractivity contribution in [2.45, 2.75) is 13.3 Å². The van der Waals surface area contributed by atoms with Gasteiger partial charge in [0.25, 0.3) is 11.1 Å². The number of methoxy groups -OCH3 is 1. The average molecular weight is 475 g/mol. The van der Waals surface area contributed by atoms with Crippen LogP contribution in [0.25, 0.3) is 6.08 Å². The highest BCUT2D eigenvalue weighted by Crippen LogP contribution is 2.34. The molecule has 1 fully saturated rings. The van der Waals surface area contributed by atoms with Gasteiger partial charge in [-0.25, -0.2) is 0 Å². The van der Waals surface area contributed by atoms with Crippen LogP contribution in [0.4, 0.5) is 4.79 Å². The number of hydrogen-bond donors (Lipinski definition) is 1. The molecular formula is C23H23ClN2O5S. The molecule has 0 aromatic heterocycles. The molecule has 1 aliphatic heterocycles. The molecular weight excluding hydrogens is 452 g/mol. The minimum atomic E-state index is -0.389. The van der Waals surface area contributed by atoms with Gasteiger partial charge in [0.1, 0.15) is 0 Å². The molecule has 1 heterocycles. The maximum Gasteiger partial charge on any atom is 0.293 e. The van der Waals surface area contributed by atoms with Gasteiger partial charge in [0.15, 0.2) is 11.5 Å². The van der Waals surface area contributed by atoms with E-state index in [1.165, 1.54) is 7.11 Å². The molecule has 0 spiro atoms. The minimum Gasteiger partial charge on any atom is -0.493 e. The van der Waals surface area contributed by atoms with Crippen molar-refractivity contribution in [1.82, 2.24) is 10.2 Å². The second-order valence-electron chi connectivity index (χ2n) is 6.83. The van der Waals surface area contributed by atoms with Crippen molar-refractivity contribution in [2.24, 2.45) is 0 Å². The zero-order valence-electron chi connectivity index (χ0n) is 17.7. The predicted octanol–water partition coefficient (Wildman–Crippen LogP) is 4.14. The monoisotopic (exact) mass is 474 g/mol. The lowest BCUT2D eigenvalue weighted by atomic mass is 10.1. The normalized spacial score (nSPS) is 14.7. The van der Waals surface area contributed by atoms with Gasteiger partial charge in [0, 0.05) is 18.1 Å². The highest BCUT2D eigenvalue weighted by atomic mass is 35.5. The number of halogens is 1. The number of nitrogens with one attached hydrogen (secondary N) is 1. The van der Waals surface area contributed by atoms with E-state index in [-0.39, 0.29) is 36.6 Å². The molecule has 2 aromatic rings. The van der Waals surface area contributed by atoms with E-state index >= 15 is 0 Å². The van der Waals surface area contributed by atoms with Gasteiger partial charge < -0.3 is 14.8 Å². The number of benzene rings is 2. The lowest BCUT2D eigenvalue weighted by Gasteiger charge is -2.13. The second kappa shape index (κ2) is 11.1. The van der Waals surface area contributed by atoms with E-state index in [0.29, 0.717) is 33.6 Å². The summed E-state index contributed by atoms with van der Waals surface area (Å²) >= 11 is 6.71. The first kappa shape index (κ1) is 23.7. The first-order chi connectivity index (χ1) is 15.4. The van der Waals surface area contributed by atoms with Gasteiger partial charge in [-0.05, 0) is 60.2 Å². The van der Waals surface area contributed by atoms with E-state index in [9.17, 15) is 14.4 Å². The Labute approximate surface area is 195 Å². The van der Waals surface area contributed by atoms with Crippen molar-refractivity contribution in [1.29, 1.82) is 0 Å². The van der Waals surface area contributed by atoms with Crippen molar-refractivity contribution in [3.63, 3.8) is 0 Å². The second-order valence-corrected chi connectivity index (χ2v) is 8.26. The van der Waals surface area contributed by atoms with Crippen LogP contribution >= 0.6 is 23.4 Å². The fourth-order valence-electron chi connectivity index (χ4n) is 3.05. The van der Waals surface area contributed by atoms with Crippen LogP contribution in [-0.2, 0) is 16.0 Å². The highest BCUT2D eigenvalue weighted by Gasteiger charge is 2.34. The topological polar surface area (TPSA) is 84.9 Å². The van der Waals surface area contributed by atoms with Crippen LogP contribution in [0, 0.1) is 0 Å². The van der Waals surface area contributed by atoms with E-state index < -0.39 is 0 Å². The minimum absolute atomic E-state index is 0.0982. The molecule has 0 aliphatic carbocycles. The molecule has 0 atom stereocenters. The van der Waals surface area contributed by atoms with Crippen molar-refractivity contribution in [2.75, 3.05) is 26.8 Å². The maximum atomic E-state index is 12.7. The molecule has 3 amide bonds. The van der Waals surface area contributed by atoms with E-state index in [4.69, 9.17) is 21.1 Å². The number of nitrogens with zero attached hydrogens (tertiary/aromatic N) is 1. The number of hydrogen-bond acceptors (Lipinski definition) is 6. The fourth-order valence-corrected chi connectivity index (χ4v) is 4.04. The molecule has 1 saturated heterocycles. The van der Waals surface area contributed by atoms with Crippen molar-refractivity contribution in [3.8, 4) is 11.5 Å². The van der Waals surface area contributed by atoms with Gasteiger partial charge in [-0.1, -0.05) is 29.8 Å². The number of rotatable bonds is 9. The predicted molar refractivity (Wildman–Crippen MR) is 125 cm³/mol. The molecule has 1 N–H and O–H groups in total. The first-order valence-corrected chi connectivity index (χ1v) is 11.2. The van der Waals surface area contributed by atoms with Gasteiger partial charge in [0.2, 0.25) is 5.91 Å². The van der Waals surface area contributed by atoms with E-state index in [1.54, 1.807) is 48.5 Å². The summed E-state index contributed by atoms with van der Waals surface area (Å²) in [4.78, 5) is 38.5. The van der Waals surface area contributed by atoms with E-state index in [1.807, 2.05) is 6.92 Å². The van der Waals surface area contributed by atoms with Crippen LogP contribution in [0.5, 0.6) is 11.5 Å². The van der Waals surface area contributed by atoms with Crippen LogP contribution in [0.3, 0.4) is 0 Å². The Morgan fingerprint density at radius 2 is 1.91 bits per heavy atom. The Morgan fingerprint density at radius 1 is 1.16 bits per heavy atom. The fraction of sp³-hybridized carbons (Fsp3) is 0.261. The van der Waals surface area contributed by atoms with Gasteiger partial charge in [-0.3, -0.25) is 19.3 Å². The number of thioether (sulfide) groups is 1. The summed E-state index contributed by atoms with van der Waals surface area (Å²) in [5.41, 5.74) is 1.54. The summed E-state index contributed by atoms with van der Waals surface area (Å²) in [6, 6.07) is 12.3. The molecule has 0 radical (unpaired) electrons. The molecule has 7 nitrogen and oxygen atoms in total. The third-order valence-electron chi connectivity index (χ3n) is 4.59. The van der Waals surface area contributed by atoms with E-state index in [0.717, 1.165) is 22.2 Å². The Bertz CT molecular complexity index is 1040. The molecule has 0 bridgehead atoms. The summed E-state index contributed by atoms with van der Waals surface area (Å²) in [6.45, 7) is 2.66. The molecule has 0 saturated carbocycles. The zero-order chi connectivity index (χ0) is 23.1. The number of carbonyl (C=O) groups is 3. The van der Waals surface area contributed by atoms with Crippen molar-refractivity contribution in [3.05, 3.63) is 63.5 Å². The summed E-state index contributed by atoms with van der Waals surface area (Å²) in [6.07, 6.45) is 1.83. The Hall–Kier alpha value is -2.97. The van der Waals surface area contributed by atoms with Gasteiger partial charge in [-0.15, -0.1) is 0 Å². The third kappa shape index (κ3) is 6.05. The lowest BCUT2D eigenvalue weighted by Crippen LogP contribution is -2.37. The summed E-state index contributed by atoms with van der Waals surface area (Å²) < 4.78 is 10.8. The van der Waals surface area contributed by atoms with Crippen LogP contribution in [0.2, 0.25) is 5.02 Å². The average Bonchev–Trinajstić information content (AvgIpc) is 3.04. The first-order valence-electron chi connectivity index (χ1n) is 9.98. The van der Waals surface area contributed by atoms with Gasteiger partial charge >= 0.3 is 0 Å². The highest BCUT2D eigenvalue weighted by molar-refractivity contribution is 8.18. The number of amides is 3. The largest absolute Gasteiger partial charge is 0.493 e. The van der Waals surface area contributed by atoms with Crippen molar-refractivity contribution < 1.29 is 23.9 Å². The summed E-state index contributed by atoms with van der Waals surface area (Å²) in [7, 11) is 1.54. The van der Waals surface area contributed by atoms with Crippen LogP contribution in [0.15, 0.2) is 47.4 Å². The van der Waals surface area contributed by atoms with Crippen LogP contribution in [-0.4, -0.2) is 48.8 Å². The molecule has 168 valence electrons. The standard InChI is InChI=1S/C23H23ClN2O5S/c1-3-31-18-9-6-16(12-19(18)30-2)13-20-22(28)26(23(29)32-20)11-10-25-21(27)14-15-4-7-17(24)8-5-15/h4-9,12-13H,3,10-11,14H2,1-2H3,(H,25,27)/b20-13-. The molecule has 1 aliphatic rings. The maximum absolute atomic E-state index is 12.7. The van der Waals surface area contributed by atoms with Gasteiger partial charge in [0.05, 0.1) is 25.0 Å². The molecule has 9 heteroatoms. The number of imide groups is 1. The molecule has 0 unspecified atom stereocenters. The van der Waals surface area contributed by atoms with Crippen LogP contribution < -0.4 is 14.8 Å². The molecule has 3 rings (SSSR count). The van der Waals surface area contributed by atoms with Crippen molar-refractivity contribution >= 4 is 46.5 Å². The Morgan fingerprint density at radius 3 is 2.59 bits per heavy atom. The smallest absolute Gasteiger partial charge is 0.293 e. The van der Waals surface area contributed by atoms with Gasteiger partial charge in [-0.2, -0.15) is 0 Å². The third-order valence-corrected chi connectivity index (χ3v) is 5.75. The zero-order valence-corrected chi connectivity index (χ0v) is 19.3. The SMILES string of the molecule is CCOc1ccc(/C=C2\SC(=O)N(CCNC(=O)Cc3ccc(Cl)cc3)C2=O)cc1OC. The quantitative estimate of drug-likeness (QED) is 0.550. The summed E-state index contributed by atoms with van der Waals surface area (Å²) in [5.74, 6) is 0.564. The molecule has 32 heavy (non-hydrogen) atoms. The molecule has 2 aromatic carbocycles. The Kier molecular flexibility index (Phi) is 8.19. The number of ether oxygens (including phenoxy) is 2. The van der Waals surface area contributed by atoms with Crippen LogP contribution in [0.1, 0.15) is 18.1 Å². The Balaban J connectivity index is 1.57. The summed E-state index contributed by atoms with van der Waals surface area (Å²) in [5, 5.41) is 2.97.